The molecule has 0 spiro atoms. The van der Waals surface area contributed by atoms with Gasteiger partial charge in [0.2, 0.25) is 5.91 Å². The van der Waals surface area contributed by atoms with E-state index < -0.39 is 0 Å². The Labute approximate surface area is 129 Å². The van der Waals surface area contributed by atoms with Crippen LogP contribution in [0.1, 0.15) is 24.9 Å². The van der Waals surface area contributed by atoms with Crippen LogP contribution >= 0.6 is 0 Å². The maximum Gasteiger partial charge on any atom is 0.222 e. The van der Waals surface area contributed by atoms with Gasteiger partial charge in [-0.05, 0) is 19.1 Å². The summed E-state index contributed by atoms with van der Waals surface area (Å²) >= 11 is 0. The number of carbonyl (C=O) groups excluding carboxylic acids is 1. The minimum Gasteiger partial charge on any atom is -0.497 e. The fraction of sp³-hybridized carbons (Fsp3) is 0.400. The van der Waals surface area contributed by atoms with E-state index in [0.717, 1.165) is 5.56 Å². The Bertz CT molecular complexity index is 613. The molecule has 1 aromatic carbocycles. The van der Waals surface area contributed by atoms with Gasteiger partial charge in [0.15, 0.2) is 0 Å². The Morgan fingerprint density at radius 1 is 1.36 bits per heavy atom. The monoisotopic (exact) mass is 304 g/mol. The minimum absolute atomic E-state index is 0.0547. The number of carbonyl (C=O) groups is 1. The SMILES string of the molecule is COc1ccc([C@@H](C)NC(=O)CCn2cncn2)c(OC)c1. The van der Waals surface area contributed by atoms with Crippen LogP contribution in [0.5, 0.6) is 11.5 Å². The van der Waals surface area contributed by atoms with E-state index in [1.165, 1.54) is 6.33 Å². The van der Waals surface area contributed by atoms with Crippen LogP contribution in [-0.4, -0.2) is 34.9 Å². The van der Waals surface area contributed by atoms with Crippen LogP contribution in [0.4, 0.5) is 0 Å². The molecule has 7 nitrogen and oxygen atoms in total. The van der Waals surface area contributed by atoms with Crippen LogP contribution in [0.25, 0.3) is 0 Å². The first-order valence-corrected chi connectivity index (χ1v) is 6.97. The van der Waals surface area contributed by atoms with Crippen molar-refractivity contribution in [3.05, 3.63) is 36.4 Å². The lowest BCUT2D eigenvalue weighted by Gasteiger charge is -2.18. The molecule has 1 atom stereocenters. The van der Waals surface area contributed by atoms with E-state index in [2.05, 4.69) is 15.4 Å². The lowest BCUT2D eigenvalue weighted by atomic mass is 10.1. The van der Waals surface area contributed by atoms with Gasteiger partial charge in [-0.15, -0.1) is 0 Å². The summed E-state index contributed by atoms with van der Waals surface area (Å²) in [6.07, 6.45) is 3.37. The highest BCUT2D eigenvalue weighted by atomic mass is 16.5. The molecule has 118 valence electrons. The summed E-state index contributed by atoms with van der Waals surface area (Å²) in [5.74, 6) is 1.34. The number of aryl methyl sites for hydroxylation is 1. The van der Waals surface area contributed by atoms with Crippen LogP contribution in [0.3, 0.4) is 0 Å². The lowest BCUT2D eigenvalue weighted by molar-refractivity contribution is -0.122. The van der Waals surface area contributed by atoms with Gasteiger partial charge in [-0.2, -0.15) is 5.10 Å². The van der Waals surface area contributed by atoms with Gasteiger partial charge >= 0.3 is 0 Å². The first-order chi connectivity index (χ1) is 10.6. The molecule has 0 bridgehead atoms. The van der Waals surface area contributed by atoms with Gasteiger partial charge in [0.05, 0.1) is 26.8 Å². The van der Waals surface area contributed by atoms with Gasteiger partial charge in [0.25, 0.3) is 0 Å². The summed E-state index contributed by atoms with van der Waals surface area (Å²) < 4.78 is 12.1. The van der Waals surface area contributed by atoms with E-state index in [9.17, 15) is 4.79 Å². The molecule has 2 aromatic rings. The molecular weight excluding hydrogens is 284 g/mol. The number of ether oxygens (including phenoxy) is 2. The summed E-state index contributed by atoms with van der Waals surface area (Å²) in [4.78, 5) is 15.8. The van der Waals surface area contributed by atoms with E-state index in [0.29, 0.717) is 24.5 Å². The average Bonchev–Trinajstić information content (AvgIpc) is 3.05. The molecule has 0 aliphatic heterocycles. The van der Waals surface area contributed by atoms with Crippen LogP contribution in [0.15, 0.2) is 30.9 Å². The first kappa shape index (κ1) is 15.8. The minimum atomic E-state index is -0.163. The van der Waals surface area contributed by atoms with Crippen molar-refractivity contribution in [2.24, 2.45) is 0 Å². The molecule has 2 rings (SSSR count). The van der Waals surface area contributed by atoms with Gasteiger partial charge in [0, 0.05) is 18.1 Å². The topological polar surface area (TPSA) is 78.3 Å². The molecule has 0 saturated carbocycles. The highest BCUT2D eigenvalue weighted by Crippen LogP contribution is 2.29. The Morgan fingerprint density at radius 3 is 2.82 bits per heavy atom. The summed E-state index contributed by atoms with van der Waals surface area (Å²) in [7, 11) is 3.20. The van der Waals surface area contributed by atoms with Crippen LogP contribution < -0.4 is 14.8 Å². The quantitative estimate of drug-likeness (QED) is 0.840. The van der Waals surface area contributed by atoms with Crippen LogP contribution in [-0.2, 0) is 11.3 Å². The normalized spacial score (nSPS) is 11.8. The number of nitrogens with one attached hydrogen (secondary N) is 1. The number of aromatic nitrogens is 3. The number of benzene rings is 1. The molecule has 1 aromatic heterocycles. The number of methoxy groups -OCH3 is 2. The van der Waals surface area contributed by atoms with E-state index in [1.807, 2.05) is 19.1 Å². The second-order valence-electron chi connectivity index (χ2n) is 4.81. The largest absolute Gasteiger partial charge is 0.497 e. The highest BCUT2D eigenvalue weighted by Gasteiger charge is 2.15. The van der Waals surface area contributed by atoms with E-state index >= 15 is 0 Å². The molecule has 0 aliphatic carbocycles. The Balaban J connectivity index is 1.96. The van der Waals surface area contributed by atoms with Gasteiger partial charge in [-0.1, -0.05) is 0 Å². The Morgan fingerprint density at radius 2 is 2.18 bits per heavy atom. The average molecular weight is 304 g/mol. The van der Waals surface area contributed by atoms with Crippen molar-refractivity contribution < 1.29 is 14.3 Å². The number of hydrogen-bond donors (Lipinski definition) is 1. The molecular formula is C15H20N4O3. The zero-order valence-electron chi connectivity index (χ0n) is 12.9. The van der Waals surface area contributed by atoms with E-state index in [4.69, 9.17) is 9.47 Å². The summed E-state index contributed by atoms with van der Waals surface area (Å²) in [5.41, 5.74) is 0.900. The maximum atomic E-state index is 12.0. The van der Waals surface area contributed by atoms with Crippen LogP contribution in [0, 0.1) is 0 Å². The summed E-state index contributed by atoms with van der Waals surface area (Å²) in [6.45, 7) is 2.41. The van der Waals surface area contributed by atoms with Crippen molar-refractivity contribution in [2.75, 3.05) is 14.2 Å². The van der Waals surface area contributed by atoms with Crippen LogP contribution in [0.2, 0.25) is 0 Å². The predicted molar refractivity (Wildman–Crippen MR) is 80.7 cm³/mol. The molecule has 1 N–H and O–H groups in total. The Kier molecular flexibility index (Phi) is 5.35. The number of hydrogen-bond acceptors (Lipinski definition) is 5. The summed E-state index contributed by atoms with van der Waals surface area (Å²) in [5, 5.41) is 6.91. The second-order valence-corrected chi connectivity index (χ2v) is 4.81. The lowest BCUT2D eigenvalue weighted by Crippen LogP contribution is -2.27. The van der Waals surface area contributed by atoms with Crippen molar-refractivity contribution in [2.45, 2.75) is 25.9 Å². The fourth-order valence-electron chi connectivity index (χ4n) is 2.13. The van der Waals surface area contributed by atoms with Gasteiger partial charge < -0.3 is 14.8 Å². The van der Waals surface area contributed by atoms with Gasteiger partial charge in [-0.3, -0.25) is 9.48 Å². The van der Waals surface area contributed by atoms with Crippen molar-refractivity contribution in [1.29, 1.82) is 0 Å². The standard InChI is InChI=1S/C15H20N4O3/c1-11(13-5-4-12(21-2)8-14(13)22-3)18-15(20)6-7-19-10-16-9-17-19/h4-5,8-11H,6-7H2,1-3H3,(H,18,20)/t11-/m1/s1. The summed E-state index contributed by atoms with van der Waals surface area (Å²) in [6, 6.07) is 5.37. The third-order valence-corrected chi connectivity index (χ3v) is 3.32. The molecule has 1 amide bonds. The van der Waals surface area contributed by atoms with E-state index in [-0.39, 0.29) is 11.9 Å². The fourth-order valence-corrected chi connectivity index (χ4v) is 2.13. The third kappa shape index (κ3) is 3.97. The van der Waals surface area contributed by atoms with Gasteiger partial charge in [-0.25, -0.2) is 4.98 Å². The predicted octanol–water partition coefficient (Wildman–Crippen LogP) is 1.56. The number of amides is 1. The molecule has 0 aliphatic rings. The van der Waals surface area contributed by atoms with Crippen molar-refractivity contribution in [1.82, 2.24) is 20.1 Å². The molecule has 22 heavy (non-hydrogen) atoms. The molecule has 0 radical (unpaired) electrons. The maximum absolute atomic E-state index is 12.0. The number of rotatable bonds is 7. The van der Waals surface area contributed by atoms with Crippen molar-refractivity contribution >= 4 is 5.91 Å². The zero-order valence-corrected chi connectivity index (χ0v) is 12.9. The van der Waals surface area contributed by atoms with Gasteiger partial charge in [0.1, 0.15) is 24.2 Å². The third-order valence-electron chi connectivity index (χ3n) is 3.32. The highest BCUT2D eigenvalue weighted by molar-refractivity contribution is 5.76. The molecule has 7 heteroatoms. The van der Waals surface area contributed by atoms with Crippen molar-refractivity contribution in [3.8, 4) is 11.5 Å². The van der Waals surface area contributed by atoms with Crippen molar-refractivity contribution in [3.63, 3.8) is 0 Å². The molecule has 0 unspecified atom stereocenters. The second kappa shape index (κ2) is 7.44. The molecule has 1 heterocycles. The first-order valence-electron chi connectivity index (χ1n) is 6.97. The Hall–Kier alpha value is -2.57. The molecule has 0 fully saturated rings. The zero-order chi connectivity index (χ0) is 15.9. The molecule has 0 saturated heterocycles. The smallest absolute Gasteiger partial charge is 0.222 e. The van der Waals surface area contributed by atoms with E-state index in [1.54, 1.807) is 31.3 Å². The number of nitrogens with zero attached hydrogens (tertiary/aromatic N) is 3.